The molecule has 2 fully saturated rings. The first-order valence-electron chi connectivity index (χ1n) is 10.9. The lowest BCUT2D eigenvalue weighted by Crippen LogP contribution is -2.36. The predicted molar refractivity (Wildman–Crippen MR) is 117 cm³/mol. The van der Waals surface area contributed by atoms with Crippen molar-refractivity contribution in [2.24, 2.45) is 11.8 Å². The van der Waals surface area contributed by atoms with Gasteiger partial charge in [0.05, 0.1) is 12.0 Å². The molecule has 158 valence electrons. The molecule has 2 aliphatic heterocycles. The lowest BCUT2D eigenvalue weighted by Gasteiger charge is -2.21. The Morgan fingerprint density at radius 2 is 1.73 bits per heavy atom. The Morgan fingerprint density at radius 3 is 2.43 bits per heavy atom. The van der Waals surface area contributed by atoms with Crippen molar-refractivity contribution in [3.63, 3.8) is 0 Å². The molecular weight excluding hydrogens is 376 g/mol. The molecule has 3 atom stereocenters. The molecule has 4 rings (SSSR count). The van der Waals surface area contributed by atoms with Crippen molar-refractivity contribution in [2.45, 2.75) is 38.7 Å². The van der Waals surface area contributed by atoms with E-state index >= 15 is 0 Å². The maximum Gasteiger partial charge on any atom is 0.228 e. The van der Waals surface area contributed by atoms with Crippen LogP contribution in [-0.2, 0) is 22.4 Å². The van der Waals surface area contributed by atoms with Crippen LogP contribution in [0.4, 0.5) is 5.69 Å². The molecule has 2 saturated heterocycles. The van der Waals surface area contributed by atoms with E-state index in [0.717, 1.165) is 24.9 Å². The molecule has 2 aromatic carbocycles. The van der Waals surface area contributed by atoms with E-state index < -0.39 is 6.10 Å². The second-order valence-corrected chi connectivity index (χ2v) is 8.58. The lowest BCUT2D eigenvalue weighted by atomic mass is 9.97. The van der Waals surface area contributed by atoms with Crippen LogP contribution in [0.15, 0.2) is 54.6 Å². The first kappa shape index (κ1) is 20.6. The molecule has 1 N–H and O–H groups in total. The summed E-state index contributed by atoms with van der Waals surface area (Å²) in [5, 5.41) is 10.5. The highest BCUT2D eigenvalue weighted by Gasteiger charge is 2.41. The smallest absolute Gasteiger partial charge is 0.228 e. The summed E-state index contributed by atoms with van der Waals surface area (Å²) in [6, 6.07) is 18.1. The van der Waals surface area contributed by atoms with Crippen LogP contribution < -0.4 is 4.90 Å². The number of likely N-dealkylation sites (tertiary alicyclic amines) is 1. The van der Waals surface area contributed by atoms with Crippen LogP contribution in [0, 0.1) is 11.8 Å². The number of anilines is 1. The van der Waals surface area contributed by atoms with Gasteiger partial charge in [0.1, 0.15) is 0 Å². The third-order valence-electron chi connectivity index (χ3n) is 6.32. The van der Waals surface area contributed by atoms with Crippen LogP contribution in [0.1, 0.15) is 30.9 Å². The number of carbonyl (C=O) groups is 2. The number of aliphatic hydroxyl groups is 1. The largest absolute Gasteiger partial charge is 0.391 e. The summed E-state index contributed by atoms with van der Waals surface area (Å²) in [6.07, 6.45) is 2.59. The maximum absolute atomic E-state index is 13.1. The third-order valence-corrected chi connectivity index (χ3v) is 6.32. The fraction of sp³-hybridized carbons (Fsp3) is 0.440. The summed E-state index contributed by atoms with van der Waals surface area (Å²) < 4.78 is 0. The Kier molecular flexibility index (Phi) is 6.18. The van der Waals surface area contributed by atoms with Gasteiger partial charge in [0.15, 0.2) is 0 Å². The van der Waals surface area contributed by atoms with Gasteiger partial charge in [-0.3, -0.25) is 9.59 Å². The number of aliphatic hydroxyl groups excluding tert-OH is 1. The highest BCUT2D eigenvalue weighted by molar-refractivity contribution is 6.00. The molecule has 0 aliphatic carbocycles. The minimum atomic E-state index is -0.520. The molecule has 0 bridgehead atoms. The van der Waals surface area contributed by atoms with E-state index in [4.69, 9.17) is 0 Å². The van der Waals surface area contributed by atoms with Crippen molar-refractivity contribution in [3.8, 4) is 0 Å². The van der Waals surface area contributed by atoms with Crippen LogP contribution in [0.3, 0.4) is 0 Å². The van der Waals surface area contributed by atoms with Crippen LogP contribution >= 0.6 is 0 Å². The van der Waals surface area contributed by atoms with Gasteiger partial charge in [0.2, 0.25) is 11.8 Å². The van der Waals surface area contributed by atoms with Crippen molar-refractivity contribution >= 4 is 17.5 Å². The molecule has 2 aliphatic rings. The van der Waals surface area contributed by atoms with E-state index in [1.165, 1.54) is 11.1 Å². The zero-order valence-corrected chi connectivity index (χ0v) is 17.5. The Morgan fingerprint density at radius 1 is 1.00 bits per heavy atom. The Bertz CT molecular complexity index is 881. The first-order chi connectivity index (χ1) is 14.5. The number of benzene rings is 2. The van der Waals surface area contributed by atoms with E-state index in [0.29, 0.717) is 19.6 Å². The van der Waals surface area contributed by atoms with Gasteiger partial charge >= 0.3 is 0 Å². The number of nitrogens with zero attached hydrogens (tertiary/aromatic N) is 2. The molecule has 0 aromatic heterocycles. The number of aryl methyl sites for hydroxylation is 1. The average Bonchev–Trinajstić information content (AvgIpc) is 3.32. The summed E-state index contributed by atoms with van der Waals surface area (Å²) in [4.78, 5) is 29.2. The summed E-state index contributed by atoms with van der Waals surface area (Å²) in [6.45, 7) is 3.46. The van der Waals surface area contributed by atoms with Gasteiger partial charge in [-0.1, -0.05) is 55.8 Å². The lowest BCUT2D eigenvalue weighted by molar-refractivity contribution is -0.135. The molecule has 5 nitrogen and oxygen atoms in total. The SMILES string of the molecule is CCCc1ccc(N2CC(C(=O)N3C[C@@H](Cc4ccccc4)[C@H](O)C3)CC2=O)cc1. The molecule has 2 heterocycles. The molecular formula is C25H30N2O3. The monoisotopic (exact) mass is 406 g/mol. The van der Waals surface area contributed by atoms with E-state index in [9.17, 15) is 14.7 Å². The van der Waals surface area contributed by atoms with E-state index in [-0.39, 0.29) is 30.1 Å². The van der Waals surface area contributed by atoms with Gasteiger partial charge in [-0.25, -0.2) is 0 Å². The number of rotatable bonds is 6. The summed E-state index contributed by atoms with van der Waals surface area (Å²) in [5.74, 6) is -0.314. The van der Waals surface area contributed by atoms with Gasteiger partial charge in [0, 0.05) is 37.7 Å². The van der Waals surface area contributed by atoms with Crippen molar-refractivity contribution in [3.05, 3.63) is 65.7 Å². The Hall–Kier alpha value is -2.66. The summed E-state index contributed by atoms with van der Waals surface area (Å²) in [5.41, 5.74) is 3.29. The van der Waals surface area contributed by atoms with Crippen molar-refractivity contribution in [1.29, 1.82) is 0 Å². The van der Waals surface area contributed by atoms with Gasteiger partial charge < -0.3 is 14.9 Å². The van der Waals surface area contributed by atoms with E-state index in [2.05, 4.69) is 31.2 Å². The van der Waals surface area contributed by atoms with Gasteiger partial charge in [-0.05, 0) is 36.1 Å². The normalized spacial score (nSPS) is 23.9. The molecule has 2 amide bonds. The molecule has 0 spiro atoms. The minimum absolute atomic E-state index is 0.00262. The fourth-order valence-electron chi connectivity index (χ4n) is 4.66. The standard InChI is InChI=1S/C25H30N2O3/c1-2-6-18-9-11-22(12-10-18)27-16-21(14-24(27)29)25(30)26-15-20(23(28)17-26)13-19-7-4-3-5-8-19/h3-5,7-12,20-21,23,28H,2,6,13-17H2,1H3/t20-,21?,23-/m1/s1. The van der Waals surface area contributed by atoms with E-state index in [1.54, 1.807) is 9.80 Å². The average molecular weight is 407 g/mol. The van der Waals surface area contributed by atoms with Crippen LogP contribution in [0.25, 0.3) is 0 Å². The van der Waals surface area contributed by atoms with Gasteiger partial charge in [0.25, 0.3) is 0 Å². The Balaban J connectivity index is 1.37. The second-order valence-electron chi connectivity index (χ2n) is 8.58. The quantitative estimate of drug-likeness (QED) is 0.802. The minimum Gasteiger partial charge on any atom is -0.391 e. The topological polar surface area (TPSA) is 60.9 Å². The van der Waals surface area contributed by atoms with Crippen LogP contribution in [-0.4, -0.2) is 47.6 Å². The Labute approximate surface area is 178 Å². The number of hydrogen-bond acceptors (Lipinski definition) is 3. The zero-order chi connectivity index (χ0) is 21.1. The van der Waals surface area contributed by atoms with Crippen molar-refractivity contribution in [2.75, 3.05) is 24.5 Å². The van der Waals surface area contributed by atoms with Crippen molar-refractivity contribution < 1.29 is 14.7 Å². The van der Waals surface area contributed by atoms with E-state index in [1.807, 2.05) is 30.3 Å². The van der Waals surface area contributed by atoms with Gasteiger partial charge in [-0.2, -0.15) is 0 Å². The van der Waals surface area contributed by atoms with Crippen LogP contribution in [0.5, 0.6) is 0 Å². The molecule has 1 unspecified atom stereocenters. The van der Waals surface area contributed by atoms with Gasteiger partial charge in [-0.15, -0.1) is 0 Å². The zero-order valence-electron chi connectivity index (χ0n) is 17.5. The summed E-state index contributed by atoms with van der Waals surface area (Å²) >= 11 is 0. The number of carbonyl (C=O) groups excluding carboxylic acids is 2. The van der Waals surface area contributed by atoms with Crippen molar-refractivity contribution in [1.82, 2.24) is 4.90 Å². The maximum atomic E-state index is 13.1. The molecule has 2 aromatic rings. The highest BCUT2D eigenvalue weighted by atomic mass is 16.3. The number of amides is 2. The molecule has 30 heavy (non-hydrogen) atoms. The fourth-order valence-corrected chi connectivity index (χ4v) is 4.66. The third kappa shape index (κ3) is 4.41. The highest BCUT2D eigenvalue weighted by Crippen LogP contribution is 2.29. The molecule has 0 radical (unpaired) electrons. The number of hydrogen-bond donors (Lipinski definition) is 1. The number of β-amino-alcohol motifs (C(OH)–C–C–N with tert-alkyl or cyclic N) is 1. The second kappa shape index (κ2) is 9.00. The molecule has 0 saturated carbocycles. The summed E-state index contributed by atoms with van der Waals surface area (Å²) in [7, 11) is 0. The first-order valence-corrected chi connectivity index (χ1v) is 10.9. The van der Waals surface area contributed by atoms with Crippen LogP contribution in [0.2, 0.25) is 0 Å². The molecule has 5 heteroatoms. The predicted octanol–water partition coefficient (Wildman–Crippen LogP) is 3.05.